The summed E-state index contributed by atoms with van der Waals surface area (Å²) in [5, 5.41) is 0.520. The SMILES string of the molecule is CCSC1CCCCN(C(=O)c2ccc3c(c2)CCN3S(C)(=O)=O)C1. The maximum absolute atomic E-state index is 13.0. The van der Waals surface area contributed by atoms with E-state index in [0.717, 1.165) is 30.8 Å². The van der Waals surface area contributed by atoms with Gasteiger partial charge in [-0.1, -0.05) is 13.3 Å². The van der Waals surface area contributed by atoms with Gasteiger partial charge in [-0.15, -0.1) is 0 Å². The number of likely N-dealkylation sites (tertiary alicyclic amines) is 1. The predicted molar refractivity (Wildman–Crippen MR) is 104 cm³/mol. The van der Waals surface area contributed by atoms with Gasteiger partial charge in [0.25, 0.3) is 5.91 Å². The Morgan fingerprint density at radius 1 is 1.28 bits per heavy atom. The van der Waals surface area contributed by atoms with Crippen molar-refractivity contribution in [2.75, 3.05) is 35.9 Å². The molecular weight excluding hydrogens is 356 g/mol. The largest absolute Gasteiger partial charge is 0.338 e. The number of fused-ring (bicyclic) bond motifs is 1. The van der Waals surface area contributed by atoms with Crippen molar-refractivity contribution in [3.8, 4) is 0 Å². The number of rotatable bonds is 4. The summed E-state index contributed by atoms with van der Waals surface area (Å²) < 4.78 is 25.1. The third kappa shape index (κ3) is 4.14. The average Bonchev–Trinajstić information content (AvgIpc) is 2.86. The fraction of sp³-hybridized carbons (Fsp3) is 0.611. The third-order valence-electron chi connectivity index (χ3n) is 4.90. The van der Waals surface area contributed by atoms with Crippen molar-refractivity contribution in [2.45, 2.75) is 37.9 Å². The molecule has 5 nitrogen and oxygen atoms in total. The van der Waals surface area contributed by atoms with Gasteiger partial charge >= 0.3 is 0 Å². The van der Waals surface area contributed by atoms with E-state index in [0.29, 0.717) is 29.5 Å². The number of anilines is 1. The van der Waals surface area contributed by atoms with Gasteiger partial charge in [0.1, 0.15) is 0 Å². The Morgan fingerprint density at radius 2 is 2.08 bits per heavy atom. The zero-order valence-electron chi connectivity index (χ0n) is 14.9. The first-order chi connectivity index (χ1) is 11.9. The first kappa shape index (κ1) is 18.6. The number of nitrogens with zero attached hydrogens (tertiary/aromatic N) is 2. The topological polar surface area (TPSA) is 57.7 Å². The number of thioether (sulfide) groups is 1. The lowest BCUT2D eigenvalue weighted by atomic mass is 10.1. The summed E-state index contributed by atoms with van der Waals surface area (Å²) in [6.07, 6.45) is 5.30. The van der Waals surface area contributed by atoms with Crippen LogP contribution in [0.4, 0.5) is 5.69 Å². The molecule has 0 aromatic heterocycles. The zero-order valence-corrected chi connectivity index (χ0v) is 16.5. The average molecular weight is 383 g/mol. The Morgan fingerprint density at radius 3 is 2.80 bits per heavy atom. The summed E-state index contributed by atoms with van der Waals surface area (Å²) in [6.45, 7) is 4.25. The standard InChI is InChI=1S/C18H26N2O3S2/c1-3-24-16-6-4-5-10-19(13-16)18(21)15-7-8-17-14(12-15)9-11-20(17)25(2,22)23/h7-8,12,16H,3-6,9-11,13H2,1-2H3. The van der Waals surface area contributed by atoms with E-state index in [4.69, 9.17) is 0 Å². The summed E-state index contributed by atoms with van der Waals surface area (Å²) in [5.41, 5.74) is 2.34. The van der Waals surface area contributed by atoms with Gasteiger partial charge in [0.05, 0.1) is 11.9 Å². The first-order valence-electron chi connectivity index (χ1n) is 8.91. The molecule has 0 radical (unpaired) electrons. The minimum absolute atomic E-state index is 0.0733. The first-order valence-corrected chi connectivity index (χ1v) is 11.8. The number of benzene rings is 1. The molecule has 0 saturated carbocycles. The van der Waals surface area contributed by atoms with Gasteiger partial charge in [-0.3, -0.25) is 9.10 Å². The van der Waals surface area contributed by atoms with E-state index >= 15 is 0 Å². The van der Waals surface area contributed by atoms with Crippen molar-refractivity contribution < 1.29 is 13.2 Å². The van der Waals surface area contributed by atoms with E-state index in [1.165, 1.54) is 23.4 Å². The monoisotopic (exact) mass is 382 g/mol. The molecule has 1 aromatic carbocycles. The lowest BCUT2D eigenvalue weighted by Crippen LogP contribution is -2.35. The summed E-state index contributed by atoms with van der Waals surface area (Å²) in [6, 6.07) is 5.44. The fourth-order valence-corrected chi connectivity index (χ4v) is 5.74. The van der Waals surface area contributed by atoms with Crippen molar-refractivity contribution in [1.82, 2.24) is 4.90 Å². The lowest BCUT2D eigenvalue weighted by molar-refractivity contribution is 0.0763. The molecule has 0 spiro atoms. The van der Waals surface area contributed by atoms with Crippen molar-refractivity contribution in [3.05, 3.63) is 29.3 Å². The van der Waals surface area contributed by atoms with Gasteiger partial charge in [-0.25, -0.2) is 8.42 Å². The second kappa shape index (κ2) is 7.58. The van der Waals surface area contributed by atoms with Crippen molar-refractivity contribution in [2.24, 2.45) is 0 Å². The van der Waals surface area contributed by atoms with Crippen LogP contribution >= 0.6 is 11.8 Å². The minimum atomic E-state index is -3.25. The van der Waals surface area contributed by atoms with E-state index < -0.39 is 10.0 Å². The summed E-state index contributed by atoms with van der Waals surface area (Å²) >= 11 is 1.94. The molecule has 25 heavy (non-hydrogen) atoms. The van der Waals surface area contributed by atoms with Crippen LogP contribution in [0.2, 0.25) is 0 Å². The van der Waals surface area contributed by atoms with Crippen LogP contribution in [0.5, 0.6) is 0 Å². The smallest absolute Gasteiger partial charge is 0.253 e. The molecule has 1 saturated heterocycles. The minimum Gasteiger partial charge on any atom is -0.338 e. The van der Waals surface area contributed by atoms with Crippen LogP contribution in [-0.4, -0.2) is 56.1 Å². The van der Waals surface area contributed by atoms with Gasteiger partial charge in [0.15, 0.2) is 0 Å². The predicted octanol–water partition coefficient (Wildman–Crippen LogP) is 2.76. The highest BCUT2D eigenvalue weighted by atomic mass is 32.2. The lowest BCUT2D eigenvalue weighted by Gasteiger charge is -2.24. The Labute approximate surface area is 154 Å². The maximum Gasteiger partial charge on any atom is 0.253 e. The molecule has 1 atom stereocenters. The summed E-state index contributed by atoms with van der Waals surface area (Å²) in [7, 11) is -3.25. The van der Waals surface area contributed by atoms with E-state index in [1.54, 1.807) is 12.1 Å². The van der Waals surface area contributed by atoms with Gasteiger partial charge in [0.2, 0.25) is 10.0 Å². The normalized spacial score (nSPS) is 21.1. The number of hydrogen-bond donors (Lipinski definition) is 0. The van der Waals surface area contributed by atoms with Crippen LogP contribution in [0.1, 0.15) is 42.1 Å². The second-order valence-corrected chi connectivity index (χ2v) is 10.2. The van der Waals surface area contributed by atoms with E-state index in [1.807, 2.05) is 22.7 Å². The number of carbonyl (C=O) groups is 1. The number of carbonyl (C=O) groups excluding carboxylic acids is 1. The fourth-order valence-electron chi connectivity index (χ4n) is 3.69. The molecule has 1 unspecified atom stereocenters. The van der Waals surface area contributed by atoms with Crippen LogP contribution < -0.4 is 4.31 Å². The molecule has 1 amide bonds. The van der Waals surface area contributed by atoms with Crippen LogP contribution in [0.3, 0.4) is 0 Å². The molecule has 1 fully saturated rings. The molecule has 2 heterocycles. The second-order valence-electron chi connectivity index (χ2n) is 6.75. The highest BCUT2D eigenvalue weighted by Gasteiger charge is 2.28. The number of sulfonamides is 1. The molecule has 0 N–H and O–H groups in total. The van der Waals surface area contributed by atoms with E-state index in [2.05, 4.69) is 6.92 Å². The molecular formula is C18H26N2O3S2. The Kier molecular flexibility index (Phi) is 5.63. The molecule has 2 aliphatic heterocycles. The van der Waals surface area contributed by atoms with Crippen molar-refractivity contribution in [1.29, 1.82) is 0 Å². The van der Waals surface area contributed by atoms with Gasteiger partial charge in [-0.2, -0.15) is 11.8 Å². The van der Waals surface area contributed by atoms with E-state index in [9.17, 15) is 13.2 Å². The molecule has 7 heteroatoms. The molecule has 138 valence electrons. The molecule has 0 aliphatic carbocycles. The number of hydrogen-bond acceptors (Lipinski definition) is 4. The number of amides is 1. The van der Waals surface area contributed by atoms with Crippen molar-refractivity contribution >= 4 is 33.4 Å². The highest BCUT2D eigenvalue weighted by Crippen LogP contribution is 2.31. The maximum atomic E-state index is 13.0. The Bertz CT molecular complexity index is 749. The van der Waals surface area contributed by atoms with Gasteiger partial charge in [-0.05, 0) is 48.8 Å². The molecule has 2 aliphatic rings. The molecule has 1 aromatic rings. The van der Waals surface area contributed by atoms with Crippen molar-refractivity contribution in [3.63, 3.8) is 0 Å². The Balaban J connectivity index is 1.79. The van der Waals surface area contributed by atoms with Crippen LogP contribution in [0, 0.1) is 0 Å². The van der Waals surface area contributed by atoms with Crippen LogP contribution in [-0.2, 0) is 16.4 Å². The van der Waals surface area contributed by atoms with Crippen LogP contribution in [0.15, 0.2) is 18.2 Å². The van der Waals surface area contributed by atoms with Crippen LogP contribution in [0.25, 0.3) is 0 Å². The zero-order chi connectivity index (χ0) is 18.0. The quantitative estimate of drug-likeness (QED) is 0.803. The highest BCUT2D eigenvalue weighted by molar-refractivity contribution is 7.99. The third-order valence-corrected chi connectivity index (χ3v) is 7.27. The molecule has 0 bridgehead atoms. The van der Waals surface area contributed by atoms with E-state index in [-0.39, 0.29) is 5.91 Å². The molecule has 3 rings (SSSR count). The van der Waals surface area contributed by atoms with Gasteiger partial charge < -0.3 is 4.90 Å². The van der Waals surface area contributed by atoms with Gasteiger partial charge in [0, 0.05) is 30.4 Å². The summed E-state index contributed by atoms with van der Waals surface area (Å²) in [5.74, 6) is 1.15. The summed E-state index contributed by atoms with van der Waals surface area (Å²) in [4.78, 5) is 14.9. The Hall–Kier alpha value is -1.21.